The van der Waals surface area contributed by atoms with Crippen LogP contribution in [0.1, 0.15) is 23.1 Å². The van der Waals surface area contributed by atoms with Crippen LogP contribution >= 0.6 is 23.2 Å². The van der Waals surface area contributed by atoms with E-state index in [2.05, 4.69) is 21.2 Å². The smallest absolute Gasteiger partial charge is 0.240 e. The van der Waals surface area contributed by atoms with E-state index in [1.54, 1.807) is 12.3 Å². The second-order valence-corrected chi connectivity index (χ2v) is 8.07. The number of halogens is 2. The van der Waals surface area contributed by atoms with Gasteiger partial charge in [0.1, 0.15) is 0 Å². The van der Waals surface area contributed by atoms with Gasteiger partial charge in [0.05, 0.1) is 16.3 Å². The van der Waals surface area contributed by atoms with E-state index in [9.17, 15) is 4.79 Å². The SMILES string of the molecule is O=C(CCc1ccccc1)N/N=C\c1cn(Cc2ccc(Cl)c(Cl)c2)c2ccccc12. The van der Waals surface area contributed by atoms with Crippen molar-refractivity contribution >= 4 is 46.2 Å². The Bertz CT molecular complexity index is 1230. The van der Waals surface area contributed by atoms with Crippen molar-refractivity contribution in [2.45, 2.75) is 19.4 Å². The van der Waals surface area contributed by atoms with E-state index in [1.807, 2.05) is 66.9 Å². The lowest BCUT2D eigenvalue weighted by Gasteiger charge is -2.06. The first-order valence-corrected chi connectivity index (χ1v) is 10.7. The van der Waals surface area contributed by atoms with Gasteiger partial charge in [-0.1, -0.05) is 77.8 Å². The molecule has 4 rings (SSSR count). The van der Waals surface area contributed by atoms with Crippen LogP contribution in [0, 0.1) is 0 Å². The van der Waals surface area contributed by atoms with Gasteiger partial charge in [0, 0.05) is 35.6 Å². The molecule has 0 fully saturated rings. The molecule has 1 amide bonds. The van der Waals surface area contributed by atoms with Crippen LogP contribution in [0.4, 0.5) is 0 Å². The van der Waals surface area contributed by atoms with Gasteiger partial charge in [-0.2, -0.15) is 5.10 Å². The molecule has 4 aromatic rings. The molecule has 0 atom stereocenters. The molecular weight excluding hydrogens is 429 g/mol. The van der Waals surface area contributed by atoms with Crippen molar-refractivity contribution in [3.63, 3.8) is 0 Å². The summed E-state index contributed by atoms with van der Waals surface area (Å²) in [4.78, 5) is 12.1. The summed E-state index contributed by atoms with van der Waals surface area (Å²) in [5, 5.41) is 6.31. The number of rotatable bonds is 7. The van der Waals surface area contributed by atoms with E-state index in [1.165, 1.54) is 0 Å². The second kappa shape index (κ2) is 9.82. The van der Waals surface area contributed by atoms with Gasteiger partial charge in [-0.05, 0) is 35.7 Å². The van der Waals surface area contributed by atoms with Gasteiger partial charge in [0.25, 0.3) is 0 Å². The summed E-state index contributed by atoms with van der Waals surface area (Å²) >= 11 is 12.2. The summed E-state index contributed by atoms with van der Waals surface area (Å²) in [5.41, 5.74) is 6.81. The number of carbonyl (C=O) groups is 1. The predicted octanol–water partition coefficient (Wildman–Crippen LogP) is 6.08. The fourth-order valence-electron chi connectivity index (χ4n) is 3.48. The Labute approximate surface area is 191 Å². The van der Waals surface area contributed by atoms with Crippen LogP contribution in [-0.4, -0.2) is 16.7 Å². The Kier molecular flexibility index (Phi) is 6.70. The maximum atomic E-state index is 12.1. The molecular formula is C25H21Cl2N3O. The lowest BCUT2D eigenvalue weighted by atomic mass is 10.1. The Morgan fingerprint density at radius 3 is 2.52 bits per heavy atom. The van der Waals surface area contributed by atoms with Crippen molar-refractivity contribution in [1.29, 1.82) is 0 Å². The number of para-hydroxylation sites is 1. The summed E-state index contributed by atoms with van der Waals surface area (Å²) in [6.45, 7) is 0.647. The van der Waals surface area contributed by atoms with Gasteiger partial charge >= 0.3 is 0 Å². The summed E-state index contributed by atoms with van der Waals surface area (Å²) in [7, 11) is 0. The molecule has 4 nitrogen and oxygen atoms in total. The molecule has 31 heavy (non-hydrogen) atoms. The van der Waals surface area contributed by atoms with E-state index in [4.69, 9.17) is 23.2 Å². The van der Waals surface area contributed by atoms with Crippen molar-refractivity contribution in [3.8, 4) is 0 Å². The number of hydrogen-bond donors (Lipinski definition) is 1. The Hall–Kier alpha value is -3.08. The standard InChI is InChI=1S/C25H21Cl2N3O/c26-22-12-10-19(14-23(22)27)16-30-17-20(21-8-4-5-9-24(21)30)15-28-29-25(31)13-11-18-6-2-1-3-7-18/h1-10,12,14-15,17H,11,13,16H2,(H,29,31)/b28-15-. The number of aryl methyl sites for hydroxylation is 1. The molecule has 0 spiro atoms. The molecule has 0 aliphatic carbocycles. The molecule has 0 bridgehead atoms. The summed E-state index contributed by atoms with van der Waals surface area (Å²) < 4.78 is 2.13. The minimum atomic E-state index is -0.111. The fraction of sp³-hybridized carbons (Fsp3) is 0.120. The minimum absolute atomic E-state index is 0.111. The first-order valence-electron chi connectivity index (χ1n) is 9.98. The van der Waals surface area contributed by atoms with E-state index in [-0.39, 0.29) is 5.91 Å². The zero-order chi connectivity index (χ0) is 21.6. The number of amides is 1. The third kappa shape index (κ3) is 5.35. The zero-order valence-corrected chi connectivity index (χ0v) is 18.3. The molecule has 3 aromatic carbocycles. The van der Waals surface area contributed by atoms with Crippen molar-refractivity contribution in [2.75, 3.05) is 0 Å². The number of hydrazone groups is 1. The van der Waals surface area contributed by atoms with E-state index < -0.39 is 0 Å². The first-order chi connectivity index (χ1) is 15.1. The van der Waals surface area contributed by atoms with Crippen LogP contribution in [0.5, 0.6) is 0 Å². The lowest BCUT2D eigenvalue weighted by Crippen LogP contribution is -2.17. The topological polar surface area (TPSA) is 46.4 Å². The van der Waals surface area contributed by atoms with Crippen molar-refractivity contribution in [2.24, 2.45) is 5.10 Å². The van der Waals surface area contributed by atoms with Crippen LogP contribution < -0.4 is 5.43 Å². The number of benzene rings is 3. The Morgan fingerprint density at radius 2 is 1.71 bits per heavy atom. The highest BCUT2D eigenvalue weighted by molar-refractivity contribution is 6.42. The first kappa shape index (κ1) is 21.2. The Morgan fingerprint density at radius 1 is 0.935 bits per heavy atom. The third-order valence-corrected chi connectivity index (χ3v) is 5.77. The van der Waals surface area contributed by atoms with E-state index in [0.717, 1.165) is 27.6 Å². The maximum Gasteiger partial charge on any atom is 0.240 e. The molecule has 0 radical (unpaired) electrons. The lowest BCUT2D eigenvalue weighted by molar-refractivity contribution is -0.121. The van der Waals surface area contributed by atoms with Crippen LogP contribution in [0.15, 0.2) is 84.1 Å². The summed E-state index contributed by atoms with van der Waals surface area (Å²) in [6.07, 6.45) is 4.78. The minimum Gasteiger partial charge on any atom is -0.342 e. The number of carbonyl (C=O) groups excluding carboxylic acids is 1. The van der Waals surface area contributed by atoms with Gasteiger partial charge in [0.15, 0.2) is 0 Å². The van der Waals surface area contributed by atoms with Gasteiger partial charge in [-0.25, -0.2) is 5.43 Å². The zero-order valence-electron chi connectivity index (χ0n) is 16.8. The molecule has 0 aliphatic heterocycles. The van der Waals surface area contributed by atoms with Crippen LogP contribution in [-0.2, 0) is 17.8 Å². The molecule has 6 heteroatoms. The molecule has 0 unspecified atom stereocenters. The molecule has 0 saturated heterocycles. The number of hydrogen-bond acceptors (Lipinski definition) is 2. The summed E-state index contributed by atoms with van der Waals surface area (Å²) in [6, 6.07) is 23.7. The summed E-state index contributed by atoms with van der Waals surface area (Å²) in [5.74, 6) is -0.111. The van der Waals surface area contributed by atoms with Gasteiger partial charge < -0.3 is 4.57 Å². The van der Waals surface area contributed by atoms with Crippen LogP contribution in [0.3, 0.4) is 0 Å². The Balaban J connectivity index is 1.46. The molecule has 1 heterocycles. The fourth-order valence-corrected chi connectivity index (χ4v) is 3.80. The van der Waals surface area contributed by atoms with Crippen molar-refractivity contribution in [1.82, 2.24) is 9.99 Å². The highest BCUT2D eigenvalue weighted by atomic mass is 35.5. The second-order valence-electron chi connectivity index (χ2n) is 7.26. The van der Waals surface area contributed by atoms with Gasteiger partial charge in [-0.3, -0.25) is 4.79 Å². The van der Waals surface area contributed by atoms with Crippen molar-refractivity contribution in [3.05, 3.63) is 106 Å². The van der Waals surface area contributed by atoms with Gasteiger partial charge in [0.2, 0.25) is 5.91 Å². The molecule has 156 valence electrons. The average molecular weight is 450 g/mol. The molecule has 1 N–H and O–H groups in total. The quantitative estimate of drug-likeness (QED) is 0.269. The molecule has 0 saturated carbocycles. The largest absolute Gasteiger partial charge is 0.342 e. The van der Waals surface area contributed by atoms with E-state index in [0.29, 0.717) is 29.4 Å². The molecule has 0 aliphatic rings. The third-order valence-electron chi connectivity index (χ3n) is 5.03. The number of nitrogens with one attached hydrogen (secondary N) is 1. The maximum absolute atomic E-state index is 12.1. The van der Waals surface area contributed by atoms with Crippen molar-refractivity contribution < 1.29 is 4.79 Å². The van der Waals surface area contributed by atoms with Crippen LogP contribution in [0.2, 0.25) is 10.0 Å². The van der Waals surface area contributed by atoms with Gasteiger partial charge in [-0.15, -0.1) is 0 Å². The predicted molar refractivity (Wildman–Crippen MR) is 128 cm³/mol. The monoisotopic (exact) mass is 449 g/mol. The number of aromatic nitrogens is 1. The van der Waals surface area contributed by atoms with Crippen LogP contribution in [0.25, 0.3) is 10.9 Å². The van der Waals surface area contributed by atoms with E-state index >= 15 is 0 Å². The number of fused-ring (bicyclic) bond motifs is 1. The number of nitrogens with zero attached hydrogens (tertiary/aromatic N) is 2. The highest BCUT2D eigenvalue weighted by Crippen LogP contribution is 2.25. The normalized spacial score (nSPS) is 11.3. The molecule has 1 aromatic heterocycles. The average Bonchev–Trinajstić information content (AvgIpc) is 3.13. The highest BCUT2D eigenvalue weighted by Gasteiger charge is 2.08.